The number of amides is 2. The zero-order chi connectivity index (χ0) is 16.2. The van der Waals surface area contributed by atoms with Gasteiger partial charge in [-0.25, -0.2) is 4.98 Å². The maximum absolute atomic E-state index is 12.2. The van der Waals surface area contributed by atoms with Gasteiger partial charge in [-0.1, -0.05) is 25.5 Å². The number of hydrogen-bond donors (Lipinski definition) is 0. The van der Waals surface area contributed by atoms with Gasteiger partial charge in [0.2, 0.25) is 0 Å². The summed E-state index contributed by atoms with van der Waals surface area (Å²) in [5.74, 6) is -0.144. The molecule has 1 aliphatic rings. The molecule has 0 aromatic carbocycles. The summed E-state index contributed by atoms with van der Waals surface area (Å²) >= 11 is 1.06. The Morgan fingerprint density at radius 2 is 2.12 bits per heavy atom. The summed E-state index contributed by atoms with van der Waals surface area (Å²) in [5.41, 5.74) is 2.05. The molecule has 2 aromatic heterocycles. The molecule has 7 heteroatoms. The summed E-state index contributed by atoms with van der Waals surface area (Å²) in [7, 11) is 0. The Morgan fingerprint density at radius 1 is 1.29 bits per heavy atom. The Bertz CT molecular complexity index is 772. The molecule has 0 unspecified atom stereocenters. The van der Waals surface area contributed by atoms with Gasteiger partial charge in [0.15, 0.2) is 0 Å². The lowest BCUT2D eigenvalue weighted by atomic mass is 10.2. The third-order valence-corrected chi connectivity index (χ3v) is 4.78. The standard InChI is InChI=1S/C17H19N3O2S.ClH/c1-2-3-8-14-16(21)20(17(22)23-14)11-5-7-13-6-4-9-15-18-10-12-19(13)15;/h4,6,8-10,12H,2-3,5,7,11H2,1H3;1H/b14-8+;. The van der Waals surface area contributed by atoms with Gasteiger partial charge in [-0.3, -0.25) is 14.5 Å². The minimum absolute atomic E-state index is 0. The maximum atomic E-state index is 12.2. The molecule has 0 spiro atoms. The fourth-order valence-electron chi connectivity index (χ4n) is 2.63. The number of fused-ring (bicyclic) bond motifs is 1. The van der Waals surface area contributed by atoms with Crippen LogP contribution in [-0.2, 0) is 11.2 Å². The Kier molecular flexibility index (Phi) is 6.45. The van der Waals surface area contributed by atoms with Gasteiger partial charge in [0.25, 0.3) is 11.1 Å². The Labute approximate surface area is 151 Å². The van der Waals surface area contributed by atoms with Crippen molar-refractivity contribution in [1.29, 1.82) is 0 Å². The number of allylic oxidation sites excluding steroid dienone is 1. The fourth-order valence-corrected chi connectivity index (χ4v) is 3.51. The number of pyridine rings is 1. The van der Waals surface area contributed by atoms with Crippen LogP contribution < -0.4 is 0 Å². The second-order valence-electron chi connectivity index (χ2n) is 5.46. The van der Waals surface area contributed by atoms with Gasteiger partial charge in [-0.15, -0.1) is 12.4 Å². The average Bonchev–Trinajstić information content (AvgIpc) is 3.13. The van der Waals surface area contributed by atoms with Crippen molar-refractivity contribution >= 4 is 41.0 Å². The first-order valence-electron chi connectivity index (χ1n) is 7.85. The zero-order valence-electron chi connectivity index (χ0n) is 13.5. The van der Waals surface area contributed by atoms with Crippen LogP contribution in [0.3, 0.4) is 0 Å². The molecule has 2 aromatic rings. The molecule has 1 aliphatic heterocycles. The molecule has 5 nitrogen and oxygen atoms in total. The number of halogens is 1. The zero-order valence-corrected chi connectivity index (χ0v) is 15.1. The van der Waals surface area contributed by atoms with Gasteiger partial charge >= 0.3 is 0 Å². The van der Waals surface area contributed by atoms with Crippen LogP contribution in [0.25, 0.3) is 5.65 Å². The summed E-state index contributed by atoms with van der Waals surface area (Å²) < 4.78 is 2.04. The molecule has 0 saturated carbocycles. The summed E-state index contributed by atoms with van der Waals surface area (Å²) in [4.78, 5) is 30.4. The van der Waals surface area contributed by atoms with Crippen molar-refractivity contribution in [2.24, 2.45) is 0 Å². The van der Waals surface area contributed by atoms with Crippen LogP contribution in [0.5, 0.6) is 0 Å². The molecule has 1 fully saturated rings. The third kappa shape index (κ3) is 3.82. The van der Waals surface area contributed by atoms with Crippen molar-refractivity contribution in [1.82, 2.24) is 14.3 Å². The van der Waals surface area contributed by atoms with Crippen LogP contribution in [-0.4, -0.2) is 32.0 Å². The first kappa shape index (κ1) is 18.5. The second kappa shape index (κ2) is 8.35. The van der Waals surface area contributed by atoms with Crippen LogP contribution in [0.4, 0.5) is 4.79 Å². The van der Waals surface area contributed by atoms with Crippen molar-refractivity contribution < 1.29 is 9.59 Å². The predicted molar refractivity (Wildman–Crippen MR) is 98.5 cm³/mol. The lowest BCUT2D eigenvalue weighted by Crippen LogP contribution is -2.29. The van der Waals surface area contributed by atoms with Crippen molar-refractivity contribution in [3.63, 3.8) is 0 Å². The average molecular weight is 366 g/mol. The van der Waals surface area contributed by atoms with E-state index in [4.69, 9.17) is 0 Å². The number of unbranched alkanes of at least 4 members (excludes halogenated alkanes) is 1. The Morgan fingerprint density at radius 3 is 2.92 bits per heavy atom. The van der Waals surface area contributed by atoms with E-state index in [0.717, 1.165) is 48.8 Å². The molecule has 1 saturated heterocycles. The SMILES string of the molecule is CCC/C=C1/SC(=O)N(CCCc2cccc3nccn23)C1=O.Cl. The van der Waals surface area contributed by atoms with E-state index in [1.54, 1.807) is 6.20 Å². The first-order chi connectivity index (χ1) is 11.2. The number of aromatic nitrogens is 2. The molecule has 0 N–H and O–H groups in total. The van der Waals surface area contributed by atoms with E-state index < -0.39 is 0 Å². The van der Waals surface area contributed by atoms with E-state index >= 15 is 0 Å². The summed E-state index contributed by atoms with van der Waals surface area (Å²) in [6.07, 6.45) is 8.92. The van der Waals surface area contributed by atoms with Crippen molar-refractivity contribution in [3.8, 4) is 0 Å². The normalized spacial score (nSPS) is 16.2. The summed E-state index contributed by atoms with van der Waals surface area (Å²) in [6.45, 7) is 2.51. The van der Waals surface area contributed by atoms with E-state index in [0.29, 0.717) is 11.4 Å². The van der Waals surface area contributed by atoms with E-state index in [1.807, 2.05) is 34.9 Å². The van der Waals surface area contributed by atoms with Gasteiger partial charge in [-0.2, -0.15) is 0 Å². The van der Waals surface area contributed by atoms with Crippen molar-refractivity contribution in [2.75, 3.05) is 6.54 Å². The molecule has 3 heterocycles. The molecule has 3 rings (SSSR count). The van der Waals surface area contributed by atoms with Crippen LogP contribution in [0, 0.1) is 0 Å². The Hall–Kier alpha value is -1.79. The third-order valence-electron chi connectivity index (χ3n) is 3.82. The van der Waals surface area contributed by atoms with E-state index in [-0.39, 0.29) is 23.6 Å². The minimum atomic E-state index is -0.154. The van der Waals surface area contributed by atoms with Gasteiger partial charge in [0, 0.05) is 24.6 Å². The highest BCUT2D eigenvalue weighted by molar-refractivity contribution is 8.18. The molecule has 0 atom stereocenters. The number of imide groups is 1. The number of hydrogen-bond acceptors (Lipinski definition) is 4. The molecular formula is C17H20ClN3O2S. The minimum Gasteiger partial charge on any atom is -0.304 e. The van der Waals surface area contributed by atoms with E-state index in [1.165, 1.54) is 4.90 Å². The maximum Gasteiger partial charge on any atom is 0.293 e. The number of thioether (sulfide) groups is 1. The fraction of sp³-hybridized carbons (Fsp3) is 0.353. The largest absolute Gasteiger partial charge is 0.304 e. The van der Waals surface area contributed by atoms with Gasteiger partial charge in [-0.05, 0) is 43.2 Å². The summed E-state index contributed by atoms with van der Waals surface area (Å²) in [5, 5.41) is -0.154. The van der Waals surface area contributed by atoms with Crippen LogP contribution in [0.15, 0.2) is 41.6 Å². The quantitative estimate of drug-likeness (QED) is 0.724. The first-order valence-corrected chi connectivity index (χ1v) is 8.67. The van der Waals surface area contributed by atoms with Crippen molar-refractivity contribution in [2.45, 2.75) is 32.6 Å². The monoisotopic (exact) mass is 365 g/mol. The lowest BCUT2D eigenvalue weighted by Gasteiger charge is -2.12. The number of carbonyl (C=O) groups excluding carboxylic acids is 2. The topological polar surface area (TPSA) is 54.7 Å². The molecule has 0 bridgehead atoms. The smallest absolute Gasteiger partial charge is 0.293 e. The Balaban J connectivity index is 0.00000208. The molecule has 0 radical (unpaired) electrons. The number of rotatable bonds is 6. The molecule has 128 valence electrons. The van der Waals surface area contributed by atoms with Crippen LogP contribution in [0.1, 0.15) is 31.9 Å². The second-order valence-corrected chi connectivity index (χ2v) is 6.45. The molecule has 0 aliphatic carbocycles. The molecule has 2 amide bonds. The van der Waals surface area contributed by atoms with E-state index in [9.17, 15) is 9.59 Å². The van der Waals surface area contributed by atoms with Crippen LogP contribution >= 0.6 is 24.2 Å². The highest BCUT2D eigenvalue weighted by Crippen LogP contribution is 2.31. The highest BCUT2D eigenvalue weighted by atomic mass is 35.5. The number of aryl methyl sites for hydroxylation is 1. The molecule has 24 heavy (non-hydrogen) atoms. The van der Waals surface area contributed by atoms with Gasteiger partial charge in [0.05, 0.1) is 4.91 Å². The number of nitrogens with zero attached hydrogens (tertiary/aromatic N) is 3. The van der Waals surface area contributed by atoms with Crippen molar-refractivity contribution in [3.05, 3.63) is 47.3 Å². The number of carbonyl (C=O) groups is 2. The highest BCUT2D eigenvalue weighted by Gasteiger charge is 2.34. The van der Waals surface area contributed by atoms with Gasteiger partial charge < -0.3 is 4.40 Å². The number of imidazole rings is 1. The summed E-state index contributed by atoms with van der Waals surface area (Å²) in [6, 6.07) is 5.98. The molecular weight excluding hydrogens is 346 g/mol. The van der Waals surface area contributed by atoms with Crippen LogP contribution in [0.2, 0.25) is 0 Å². The van der Waals surface area contributed by atoms with Gasteiger partial charge in [0.1, 0.15) is 5.65 Å². The van der Waals surface area contributed by atoms with E-state index in [2.05, 4.69) is 11.9 Å². The lowest BCUT2D eigenvalue weighted by molar-refractivity contribution is -0.122. The predicted octanol–water partition coefficient (Wildman–Crippen LogP) is 4.07.